The maximum atomic E-state index is 12.9. The number of rotatable bonds is 20. The summed E-state index contributed by atoms with van der Waals surface area (Å²) >= 11 is 0. The van der Waals surface area contributed by atoms with Crippen LogP contribution in [-0.2, 0) is 32.0 Å². The molecule has 3 aromatic rings. The highest BCUT2D eigenvalue weighted by Gasteiger charge is 2.24. The van der Waals surface area contributed by atoms with Gasteiger partial charge < -0.3 is 30.9 Å². The van der Waals surface area contributed by atoms with Crippen molar-refractivity contribution in [1.82, 2.24) is 19.9 Å². The Balaban J connectivity index is 1.38. The van der Waals surface area contributed by atoms with Gasteiger partial charge in [0.1, 0.15) is 5.82 Å². The molecule has 0 spiro atoms. The third-order valence-corrected chi connectivity index (χ3v) is 7.48. The fourth-order valence-electron chi connectivity index (χ4n) is 4.89. The number of benzene rings is 2. The number of azo groups is 1. The van der Waals surface area contributed by atoms with E-state index in [-0.39, 0.29) is 5.91 Å². The van der Waals surface area contributed by atoms with Gasteiger partial charge in [-0.25, -0.2) is 0 Å². The summed E-state index contributed by atoms with van der Waals surface area (Å²) in [6, 6.07) is 10.7. The Labute approximate surface area is 280 Å². The normalized spacial score (nSPS) is 12.9. The van der Waals surface area contributed by atoms with Gasteiger partial charge in [-0.15, -0.1) is 6.58 Å². The van der Waals surface area contributed by atoms with E-state index in [0.29, 0.717) is 66.5 Å². The molecule has 0 saturated carbocycles. The highest BCUT2D eigenvalue weighted by atomic mass is 16.5. The molecule has 0 bridgehead atoms. The number of aryl methyl sites for hydroxylation is 1. The van der Waals surface area contributed by atoms with Gasteiger partial charge in [0.25, 0.3) is 5.91 Å². The van der Waals surface area contributed by atoms with E-state index >= 15 is 0 Å². The zero-order valence-corrected chi connectivity index (χ0v) is 27.8. The summed E-state index contributed by atoms with van der Waals surface area (Å²) < 4.78 is 5.50. The largest absolute Gasteiger partial charge is 0.377 e. The van der Waals surface area contributed by atoms with Crippen LogP contribution in [-0.4, -0.2) is 82.9 Å². The van der Waals surface area contributed by atoms with E-state index in [1.54, 1.807) is 48.5 Å². The van der Waals surface area contributed by atoms with Crippen molar-refractivity contribution in [2.45, 2.75) is 52.5 Å². The summed E-state index contributed by atoms with van der Waals surface area (Å²) in [6.07, 6.45) is 4.34. The standard InChI is InChI=1S/C34H44N10O4/c1-5-19-48-20-8-10-29-39-33(35-17-9-18-44(6-2)7-3)41-34(40-29)37-25-13-15-26(16-14-25)42-43-31(23(4)45)32(47)36-27-12-11-24-21-30(46)38-28(24)22-27/h5,11-16,22,31H,1,6-10,17-21H2,2-4H3,(H,36,47)(H,38,46)(H2,35,37,39,40,41). The minimum atomic E-state index is -1.34. The monoisotopic (exact) mass is 656 g/mol. The van der Waals surface area contributed by atoms with E-state index in [9.17, 15) is 14.4 Å². The molecule has 14 nitrogen and oxygen atoms in total. The second kappa shape index (κ2) is 18.3. The Morgan fingerprint density at radius 2 is 1.81 bits per heavy atom. The van der Waals surface area contributed by atoms with E-state index in [1.807, 2.05) is 0 Å². The molecule has 1 unspecified atom stereocenters. The molecule has 0 aliphatic carbocycles. The summed E-state index contributed by atoms with van der Waals surface area (Å²) in [6.45, 7) is 14.1. The lowest BCUT2D eigenvalue weighted by Crippen LogP contribution is -2.31. The van der Waals surface area contributed by atoms with Crippen molar-refractivity contribution < 1.29 is 19.1 Å². The van der Waals surface area contributed by atoms with Crippen molar-refractivity contribution in [2.24, 2.45) is 10.2 Å². The van der Waals surface area contributed by atoms with E-state index in [0.717, 1.165) is 44.6 Å². The van der Waals surface area contributed by atoms with Crippen molar-refractivity contribution in [1.29, 1.82) is 0 Å². The van der Waals surface area contributed by atoms with Crippen LogP contribution in [0.2, 0.25) is 0 Å². The number of anilines is 5. The first-order valence-corrected chi connectivity index (χ1v) is 16.2. The Hall–Kier alpha value is -5.08. The highest BCUT2D eigenvalue weighted by molar-refractivity contribution is 6.10. The Morgan fingerprint density at radius 3 is 2.54 bits per heavy atom. The van der Waals surface area contributed by atoms with Crippen LogP contribution in [0.5, 0.6) is 0 Å². The number of nitrogens with zero attached hydrogens (tertiary/aromatic N) is 6. The van der Waals surface area contributed by atoms with Crippen molar-refractivity contribution >= 4 is 52.2 Å². The quantitative estimate of drug-likeness (QED) is 0.0556. The van der Waals surface area contributed by atoms with Gasteiger partial charge >= 0.3 is 0 Å². The summed E-state index contributed by atoms with van der Waals surface area (Å²) in [4.78, 5) is 53.0. The number of carbonyl (C=O) groups is 3. The first-order chi connectivity index (χ1) is 23.3. The predicted molar refractivity (Wildman–Crippen MR) is 186 cm³/mol. The molecule has 1 atom stereocenters. The topological polar surface area (TPSA) is 175 Å². The van der Waals surface area contributed by atoms with Crippen LogP contribution in [0.25, 0.3) is 0 Å². The number of fused-ring (bicyclic) bond motifs is 1. The third-order valence-electron chi connectivity index (χ3n) is 7.48. The lowest BCUT2D eigenvalue weighted by Gasteiger charge is -2.17. The number of nitrogens with one attached hydrogen (secondary N) is 4. The molecule has 14 heteroatoms. The molecule has 0 saturated heterocycles. The van der Waals surface area contributed by atoms with E-state index in [2.05, 4.69) is 71.8 Å². The smallest absolute Gasteiger partial charge is 0.258 e. The lowest BCUT2D eigenvalue weighted by molar-refractivity contribution is -0.126. The molecule has 2 aromatic carbocycles. The average molecular weight is 657 g/mol. The Bertz CT molecular complexity index is 1590. The number of Topliss-reactive ketones (excluding diaryl/α,β-unsaturated/α-hetero) is 1. The molecule has 1 aromatic heterocycles. The van der Waals surface area contributed by atoms with Gasteiger partial charge in [0.15, 0.2) is 5.78 Å². The fraction of sp³-hybridized carbons (Fsp3) is 0.412. The predicted octanol–water partition coefficient (Wildman–Crippen LogP) is 5.07. The number of amides is 2. The van der Waals surface area contributed by atoms with Crippen molar-refractivity contribution in [3.63, 3.8) is 0 Å². The van der Waals surface area contributed by atoms with Crippen LogP contribution in [0.15, 0.2) is 65.3 Å². The van der Waals surface area contributed by atoms with Crippen LogP contribution in [0.4, 0.5) is 34.6 Å². The Kier molecular flexibility index (Phi) is 13.6. The number of aromatic nitrogens is 3. The van der Waals surface area contributed by atoms with Crippen molar-refractivity contribution in [3.8, 4) is 0 Å². The van der Waals surface area contributed by atoms with Gasteiger partial charge in [-0.3, -0.25) is 14.4 Å². The summed E-state index contributed by atoms with van der Waals surface area (Å²) in [5.41, 5.74) is 3.08. The van der Waals surface area contributed by atoms with E-state index in [1.165, 1.54) is 6.92 Å². The molecule has 48 heavy (non-hydrogen) atoms. The van der Waals surface area contributed by atoms with Crippen molar-refractivity contribution in [3.05, 3.63) is 66.5 Å². The SMILES string of the molecule is C=CCOCCCc1nc(NCCCN(CC)CC)nc(Nc2ccc(N=NC(C(C)=O)C(=O)Nc3ccc4c(c3)NC(=O)C4)cc2)n1. The summed E-state index contributed by atoms with van der Waals surface area (Å²) in [5.74, 6) is 0.348. The van der Waals surface area contributed by atoms with Crippen molar-refractivity contribution in [2.75, 3.05) is 60.7 Å². The first kappa shape index (κ1) is 35.8. The van der Waals surface area contributed by atoms with Gasteiger partial charge in [-0.05, 0) is 81.4 Å². The third kappa shape index (κ3) is 11.0. The number of ether oxygens (including phenoxy) is 1. The zero-order valence-electron chi connectivity index (χ0n) is 27.8. The molecule has 0 radical (unpaired) electrons. The molecule has 4 N–H and O–H groups in total. The van der Waals surface area contributed by atoms with Crippen LogP contribution >= 0.6 is 0 Å². The number of hydrogen-bond donors (Lipinski definition) is 4. The molecule has 254 valence electrons. The minimum absolute atomic E-state index is 0.108. The van der Waals surface area contributed by atoms with Gasteiger partial charge in [-0.2, -0.15) is 25.2 Å². The number of carbonyl (C=O) groups excluding carboxylic acids is 3. The molecular weight excluding hydrogens is 612 g/mol. The molecule has 2 heterocycles. The molecular formula is C34H44N10O4. The number of hydrogen-bond acceptors (Lipinski definition) is 12. The summed E-state index contributed by atoms with van der Waals surface area (Å²) in [7, 11) is 0. The van der Waals surface area contributed by atoms with Crippen LogP contribution in [0.1, 0.15) is 45.0 Å². The molecule has 2 amide bonds. The lowest BCUT2D eigenvalue weighted by atomic mass is 10.1. The van der Waals surface area contributed by atoms with Gasteiger partial charge in [0, 0.05) is 36.6 Å². The first-order valence-electron chi connectivity index (χ1n) is 16.2. The second-order valence-corrected chi connectivity index (χ2v) is 11.2. The maximum Gasteiger partial charge on any atom is 0.258 e. The molecule has 0 fully saturated rings. The zero-order chi connectivity index (χ0) is 34.3. The molecule has 1 aliphatic heterocycles. The number of ketones is 1. The average Bonchev–Trinajstić information content (AvgIpc) is 3.44. The van der Waals surface area contributed by atoms with E-state index < -0.39 is 17.7 Å². The molecule has 1 aliphatic rings. The van der Waals surface area contributed by atoms with Crippen LogP contribution in [0, 0.1) is 0 Å². The van der Waals surface area contributed by atoms with E-state index in [4.69, 9.17) is 4.74 Å². The van der Waals surface area contributed by atoms with Gasteiger partial charge in [0.2, 0.25) is 23.8 Å². The van der Waals surface area contributed by atoms with Gasteiger partial charge in [-0.1, -0.05) is 26.0 Å². The van der Waals surface area contributed by atoms with Crippen LogP contribution < -0.4 is 21.3 Å². The highest BCUT2D eigenvalue weighted by Crippen LogP contribution is 2.27. The Morgan fingerprint density at radius 1 is 1.06 bits per heavy atom. The fourth-order valence-corrected chi connectivity index (χ4v) is 4.89. The summed E-state index contributed by atoms with van der Waals surface area (Å²) in [5, 5.41) is 20.2. The van der Waals surface area contributed by atoms with Gasteiger partial charge in [0.05, 0.1) is 18.7 Å². The second-order valence-electron chi connectivity index (χ2n) is 11.2. The minimum Gasteiger partial charge on any atom is -0.377 e. The molecule has 4 rings (SSSR count). The maximum absolute atomic E-state index is 12.9. The van der Waals surface area contributed by atoms with Crippen LogP contribution in [0.3, 0.4) is 0 Å².